The molecule has 0 unspecified atom stereocenters. The lowest BCUT2D eigenvalue weighted by Gasteiger charge is -2.21. The normalized spacial score (nSPS) is 12.7. The maximum atomic E-state index is 12.3. The number of pyridine rings is 1. The molecule has 0 atom stereocenters. The zero-order chi connectivity index (χ0) is 26.4. The van der Waals surface area contributed by atoms with Gasteiger partial charge in [-0.25, -0.2) is 9.59 Å². The van der Waals surface area contributed by atoms with E-state index in [9.17, 15) is 9.59 Å². The summed E-state index contributed by atoms with van der Waals surface area (Å²) in [5.74, 6) is -0.0877. The maximum absolute atomic E-state index is 12.3. The Balaban J connectivity index is 2.19. The number of nitrogens with zero attached hydrogens (tertiary/aromatic N) is 2. The molecule has 8 nitrogen and oxygen atoms in total. The first kappa shape index (κ1) is 27.8. The van der Waals surface area contributed by atoms with Crippen LogP contribution in [0.4, 0.5) is 9.59 Å². The lowest BCUT2D eigenvalue weighted by Crippen LogP contribution is -2.44. The highest BCUT2D eigenvalue weighted by molar-refractivity contribution is 5.98. The first-order valence-electron chi connectivity index (χ1n) is 11.6. The number of amides is 2. The predicted molar refractivity (Wildman–Crippen MR) is 138 cm³/mol. The Hall–Kier alpha value is -3.42. The second-order valence-electron chi connectivity index (χ2n) is 11.3. The highest BCUT2D eigenvalue weighted by Crippen LogP contribution is 2.26. The second kappa shape index (κ2) is 10.9. The third-order valence-corrected chi connectivity index (χ3v) is 4.55. The summed E-state index contributed by atoms with van der Waals surface area (Å²) in [5, 5.41) is 5.43. The SMILES string of the molecule is CC(C)(C)OC(=O)/N=C(/NCc1cc(-c2ccc(C(C)(C)C)cc2)ccn1)NC(=O)OC(C)(C)C. The van der Waals surface area contributed by atoms with E-state index in [-0.39, 0.29) is 17.9 Å². The predicted octanol–water partition coefficient (Wildman–Crippen LogP) is 5.95. The van der Waals surface area contributed by atoms with Crippen LogP contribution in [-0.2, 0) is 21.4 Å². The second-order valence-corrected chi connectivity index (χ2v) is 11.3. The van der Waals surface area contributed by atoms with Crippen LogP contribution in [0.1, 0.15) is 73.6 Å². The van der Waals surface area contributed by atoms with Gasteiger partial charge in [0, 0.05) is 6.20 Å². The van der Waals surface area contributed by atoms with Gasteiger partial charge in [0.05, 0.1) is 12.2 Å². The first-order chi connectivity index (χ1) is 16.0. The molecule has 2 amide bonds. The van der Waals surface area contributed by atoms with Crippen LogP contribution in [0, 0.1) is 0 Å². The minimum Gasteiger partial charge on any atom is -0.444 e. The van der Waals surface area contributed by atoms with Crippen LogP contribution in [0.3, 0.4) is 0 Å². The molecule has 0 saturated carbocycles. The summed E-state index contributed by atoms with van der Waals surface area (Å²) in [6, 6.07) is 12.3. The number of rotatable bonds is 3. The minimum absolute atomic E-state index is 0.0802. The number of hydrogen-bond donors (Lipinski definition) is 2. The van der Waals surface area contributed by atoms with Crippen molar-refractivity contribution in [2.24, 2.45) is 4.99 Å². The van der Waals surface area contributed by atoms with Crippen molar-refractivity contribution in [1.29, 1.82) is 0 Å². The van der Waals surface area contributed by atoms with Gasteiger partial charge in [-0.05, 0) is 75.8 Å². The Labute approximate surface area is 208 Å². The fourth-order valence-corrected chi connectivity index (χ4v) is 2.98. The van der Waals surface area contributed by atoms with Crippen LogP contribution in [-0.4, -0.2) is 34.3 Å². The van der Waals surface area contributed by atoms with Crippen LogP contribution in [0.15, 0.2) is 47.6 Å². The largest absolute Gasteiger partial charge is 0.444 e. The van der Waals surface area contributed by atoms with Crippen LogP contribution >= 0.6 is 0 Å². The van der Waals surface area contributed by atoms with Gasteiger partial charge >= 0.3 is 12.2 Å². The first-order valence-corrected chi connectivity index (χ1v) is 11.6. The Morgan fingerprint density at radius 2 is 1.46 bits per heavy atom. The quantitative estimate of drug-likeness (QED) is 0.414. The number of aliphatic imine (C=N–C) groups is 1. The Bertz CT molecular complexity index is 1060. The van der Waals surface area contributed by atoms with Gasteiger partial charge in [0.1, 0.15) is 11.2 Å². The maximum Gasteiger partial charge on any atom is 0.437 e. The summed E-state index contributed by atoms with van der Waals surface area (Å²) in [4.78, 5) is 32.7. The molecule has 190 valence electrons. The molecule has 0 bridgehead atoms. The molecule has 1 aromatic heterocycles. The van der Waals surface area contributed by atoms with Gasteiger partial charge in [0.2, 0.25) is 5.96 Å². The van der Waals surface area contributed by atoms with Crippen molar-refractivity contribution in [2.45, 2.75) is 85.5 Å². The molecule has 2 aromatic rings. The number of alkyl carbamates (subject to hydrolysis) is 1. The number of benzene rings is 1. The monoisotopic (exact) mass is 482 g/mol. The molecule has 1 aromatic carbocycles. The molecule has 0 radical (unpaired) electrons. The number of ether oxygens (including phenoxy) is 2. The van der Waals surface area contributed by atoms with Crippen LogP contribution in [0.5, 0.6) is 0 Å². The summed E-state index contributed by atoms with van der Waals surface area (Å²) in [5.41, 5.74) is 2.67. The van der Waals surface area contributed by atoms with Crippen molar-refractivity contribution >= 4 is 18.1 Å². The van der Waals surface area contributed by atoms with Crippen molar-refractivity contribution < 1.29 is 19.1 Å². The summed E-state index contributed by atoms with van der Waals surface area (Å²) in [6.45, 7) is 17.2. The minimum atomic E-state index is -0.836. The highest BCUT2D eigenvalue weighted by Gasteiger charge is 2.20. The molecular weight excluding hydrogens is 444 g/mol. The van der Waals surface area contributed by atoms with E-state index in [0.717, 1.165) is 11.1 Å². The molecule has 0 aliphatic heterocycles. The summed E-state index contributed by atoms with van der Waals surface area (Å²) < 4.78 is 10.5. The molecule has 0 aliphatic carbocycles. The van der Waals surface area contributed by atoms with Gasteiger partial charge in [0.15, 0.2) is 0 Å². The summed E-state index contributed by atoms with van der Waals surface area (Å²) >= 11 is 0. The average Bonchev–Trinajstić information content (AvgIpc) is 2.69. The van der Waals surface area contributed by atoms with E-state index in [4.69, 9.17) is 9.47 Å². The zero-order valence-electron chi connectivity index (χ0n) is 22.3. The fraction of sp³-hybridized carbons (Fsp3) is 0.481. The van der Waals surface area contributed by atoms with Gasteiger partial charge in [-0.1, -0.05) is 45.0 Å². The van der Waals surface area contributed by atoms with Crippen LogP contribution < -0.4 is 10.6 Å². The third kappa shape index (κ3) is 10.2. The fourth-order valence-electron chi connectivity index (χ4n) is 2.98. The Morgan fingerprint density at radius 3 is 2.00 bits per heavy atom. The molecule has 0 saturated heterocycles. The number of guanidine groups is 1. The molecule has 8 heteroatoms. The van der Waals surface area contributed by atoms with Crippen LogP contribution in [0.2, 0.25) is 0 Å². The molecule has 2 N–H and O–H groups in total. The smallest absolute Gasteiger partial charge is 0.437 e. The van der Waals surface area contributed by atoms with E-state index in [1.54, 1.807) is 47.7 Å². The van der Waals surface area contributed by atoms with E-state index in [1.165, 1.54) is 5.56 Å². The number of aromatic nitrogens is 1. The van der Waals surface area contributed by atoms with Crippen molar-refractivity contribution in [3.05, 3.63) is 53.9 Å². The van der Waals surface area contributed by atoms with Gasteiger partial charge in [-0.15, -0.1) is 4.99 Å². The molecule has 2 rings (SSSR count). The molecule has 1 heterocycles. The van der Waals surface area contributed by atoms with Gasteiger partial charge in [0.25, 0.3) is 0 Å². The number of carbonyl (C=O) groups excluding carboxylic acids is 2. The van der Waals surface area contributed by atoms with Crippen molar-refractivity contribution in [2.75, 3.05) is 0 Å². The van der Waals surface area contributed by atoms with Crippen molar-refractivity contribution in [3.63, 3.8) is 0 Å². The van der Waals surface area contributed by atoms with Crippen molar-refractivity contribution in [3.8, 4) is 11.1 Å². The number of carbonyl (C=O) groups is 2. The molecule has 0 fully saturated rings. The van der Waals surface area contributed by atoms with Gasteiger partial charge < -0.3 is 14.8 Å². The summed E-state index contributed by atoms with van der Waals surface area (Å²) in [7, 11) is 0. The molecule has 35 heavy (non-hydrogen) atoms. The van der Waals surface area contributed by atoms with Gasteiger partial charge in [-0.3, -0.25) is 10.3 Å². The molecule has 0 spiro atoms. The zero-order valence-corrected chi connectivity index (χ0v) is 22.3. The molecular formula is C27H38N4O4. The van der Waals surface area contributed by atoms with Crippen LogP contribution in [0.25, 0.3) is 11.1 Å². The third-order valence-electron chi connectivity index (χ3n) is 4.55. The Morgan fingerprint density at radius 1 is 0.857 bits per heavy atom. The lowest BCUT2D eigenvalue weighted by molar-refractivity contribution is 0.0560. The lowest BCUT2D eigenvalue weighted by atomic mass is 9.86. The standard InChI is InChI=1S/C27H38N4O4/c1-25(2,3)20-12-10-18(11-13-20)19-14-15-28-21(16-19)17-29-22(30-23(32)34-26(4,5)6)31-24(33)35-27(7,8)9/h10-16H,17H2,1-9H3,(H2,29,30,31,32,33). The van der Waals surface area contributed by atoms with E-state index in [2.05, 4.69) is 65.6 Å². The van der Waals surface area contributed by atoms with Crippen molar-refractivity contribution in [1.82, 2.24) is 15.6 Å². The van der Waals surface area contributed by atoms with E-state index in [0.29, 0.717) is 5.69 Å². The topological polar surface area (TPSA) is 102 Å². The van der Waals surface area contributed by atoms with E-state index in [1.807, 2.05) is 12.1 Å². The molecule has 0 aliphatic rings. The highest BCUT2D eigenvalue weighted by atomic mass is 16.6. The Kier molecular flexibility index (Phi) is 8.65. The number of nitrogens with one attached hydrogen (secondary N) is 2. The number of hydrogen-bond acceptors (Lipinski definition) is 5. The van der Waals surface area contributed by atoms with Gasteiger partial charge in [-0.2, -0.15) is 0 Å². The summed E-state index contributed by atoms with van der Waals surface area (Å²) in [6.07, 6.45) is 0.139. The van der Waals surface area contributed by atoms with E-state index < -0.39 is 23.4 Å². The average molecular weight is 483 g/mol. The van der Waals surface area contributed by atoms with E-state index >= 15 is 0 Å².